The number of carbonyl (C=O) groups excluding carboxylic acids is 20. The average Bonchev–Trinajstić information content (AvgIpc) is 1.67. The number of halogens is 1. The highest BCUT2D eigenvalue weighted by molar-refractivity contribution is 14.1. The first-order chi connectivity index (χ1) is 56.0. The molecule has 10 unspecified atom stereocenters. The van der Waals surface area contributed by atoms with Gasteiger partial charge in [0.2, 0.25) is 106 Å². The number of methoxy groups -OCH3 is 2. The van der Waals surface area contributed by atoms with E-state index >= 15 is 0 Å². The SMILES string of the molecule is COC(=O)C1CC(=O)N(CCNC(=O)C2CC(=O)N(CCNC(=O)C3CC(=O)N(CCN4CC(C(=O)NCCN5CC(C(=O)NCCN6CC(C(=O)OC)CC6=O)CC5=O)CC4=O)C3)C2)C1.NCCNC(=O)C1CC(=O)N(CCNC(=O)C2CC(=O)N(CCN3CC(C(=O)NCCN4CC(C(=O)NCCN)CC4=O)CC3=O)C2)C1.[2H]CI. The number of nitrogens with zero attached hydrogens (tertiary/aromatic N) is 10. The quantitative estimate of drug-likeness (QED) is 0.0156. The van der Waals surface area contributed by atoms with E-state index in [0.29, 0.717) is 31.1 Å². The van der Waals surface area contributed by atoms with Crippen LogP contribution in [0.1, 0.15) is 65.6 Å². The lowest BCUT2D eigenvalue weighted by molar-refractivity contribution is -0.145. The monoisotopic (exact) mass is 1750 g/mol. The van der Waals surface area contributed by atoms with E-state index in [0.717, 1.165) is 0 Å². The van der Waals surface area contributed by atoms with Crippen LogP contribution < -0.4 is 54.0 Å². The summed E-state index contributed by atoms with van der Waals surface area (Å²) in [5.74, 6) is -10.9. The number of alkyl halides is 1. The van der Waals surface area contributed by atoms with Gasteiger partial charge >= 0.3 is 11.9 Å². The fraction of sp³-hybridized carbons (Fsp3) is 0.726. The maximum Gasteiger partial charge on any atom is 0.310 e. The molecule has 10 heterocycles. The van der Waals surface area contributed by atoms with Gasteiger partial charge in [0.25, 0.3) is 0 Å². The topological polar surface area (TPSA) is 541 Å². The van der Waals surface area contributed by atoms with Crippen LogP contribution in [-0.4, -0.2) is 383 Å². The van der Waals surface area contributed by atoms with Crippen molar-refractivity contribution in [2.45, 2.75) is 64.2 Å². The van der Waals surface area contributed by atoms with E-state index < -0.39 is 71.1 Å². The Labute approximate surface area is 686 Å². The van der Waals surface area contributed by atoms with Crippen LogP contribution >= 0.6 is 22.6 Å². The standard InChI is InChI=1S/C42H60N10O14.C30H48N10O8.CH3I/c1-65-41(63)29-17-35(57)49(23-29)9-5-45-37(59)25-13-31(53)47(19-25)7-3-43-39(61)27-15-33(55)51(21-27)11-12-52-22-28(16-34(52)56)40(62)44-4-8-48-20-26(14-32(48)54)38(60)46-6-10-50-24-30(18-36(50)58)42(64)66-2;31-1-3-33-27(45)19-11-23(41)37(15-19)7-5-35-29(47)21-13-25(43)39(17-21)9-10-40-18-22(14-26(40)44)30(48)36-6-8-38-16-20(12-24(38)42)28(46)34-4-2-32;1-2/h25-30H,3-24H2,1-2H3,(H,43,61)(H,44,62)(H,45,59)(H,46,60);19-22H,1-18,31-32H2,(H,33,45)(H,34,46)(H,35,47)(H,36,48);1H3/i;;1D. The van der Waals surface area contributed by atoms with E-state index in [2.05, 4.69) is 42.5 Å². The molecular formula is C73H111IN20O22. The number of nitrogens with two attached hydrogens (primary N) is 2. The normalized spacial score (nSPS) is 24.6. The number of rotatable bonds is 38. The van der Waals surface area contributed by atoms with E-state index in [-0.39, 0.29) is 341 Å². The molecule has 116 heavy (non-hydrogen) atoms. The number of hydrogen-bond acceptors (Lipinski definition) is 24. The minimum Gasteiger partial charge on any atom is -0.469 e. The highest BCUT2D eigenvalue weighted by Gasteiger charge is 2.44. The van der Waals surface area contributed by atoms with Crippen molar-refractivity contribution in [3.8, 4) is 0 Å². The number of amides is 18. The summed E-state index contributed by atoms with van der Waals surface area (Å²) in [6, 6.07) is 0. The number of nitrogens with one attached hydrogen (secondary N) is 8. The molecule has 0 saturated carbocycles. The molecule has 0 bridgehead atoms. The first-order valence-corrected chi connectivity index (χ1v) is 40.9. The summed E-state index contributed by atoms with van der Waals surface area (Å²) in [5, 5.41) is 22.0. The molecule has 10 saturated heterocycles. The molecule has 0 spiro atoms. The Hall–Kier alpha value is -9.95. The van der Waals surface area contributed by atoms with Crippen molar-refractivity contribution in [2.24, 2.45) is 70.6 Å². The van der Waals surface area contributed by atoms with Gasteiger partial charge in [0.05, 0.1) is 73.4 Å². The molecular weight excluding hydrogens is 1640 g/mol. The number of esters is 2. The Kier molecular flexibility index (Phi) is 34.4. The van der Waals surface area contributed by atoms with Crippen LogP contribution in [0.4, 0.5) is 0 Å². The third-order valence-corrected chi connectivity index (χ3v) is 22.4. The second kappa shape index (κ2) is 44.4. The number of ether oxygens (including phenoxy) is 2. The van der Waals surface area contributed by atoms with Crippen molar-refractivity contribution in [2.75, 3.05) is 215 Å². The van der Waals surface area contributed by atoms with Crippen molar-refractivity contribution in [3.63, 3.8) is 0 Å². The lowest BCUT2D eigenvalue weighted by atomic mass is 10.1. The summed E-state index contributed by atoms with van der Waals surface area (Å²) in [6.45, 7) is 6.40. The predicted molar refractivity (Wildman–Crippen MR) is 413 cm³/mol. The van der Waals surface area contributed by atoms with Gasteiger partial charge < -0.3 is 112 Å². The van der Waals surface area contributed by atoms with Crippen LogP contribution in [0.2, 0.25) is 0 Å². The molecule has 0 aromatic carbocycles. The highest BCUT2D eigenvalue weighted by atomic mass is 127. The second-order valence-electron chi connectivity index (χ2n) is 30.4. The van der Waals surface area contributed by atoms with Crippen LogP contribution in [0.25, 0.3) is 0 Å². The van der Waals surface area contributed by atoms with Gasteiger partial charge in [-0.3, -0.25) is 95.9 Å². The van der Waals surface area contributed by atoms with Gasteiger partial charge in [0, 0.05) is 262 Å². The molecule has 43 heteroatoms. The molecule has 0 aromatic rings. The van der Waals surface area contributed by atoms with Crippen LogP contribution in [0.5, 0.6) is 0 Å². The summed E-state index contributed by atoms with van der Waals surface area (Å²) in [4.78, 5) is 266. The van der Waals surface area contributed by atoms with Crippen molar-refractivity contribution >= 4 is 141 Å². The van der Waals surface area contributed by atoms with Crippen LogP contribution in [0.3, 0.4) is 0 Å². The maximum atomic E-state index is 13.0. The second-order valence-corrected chi connectivity index (χ2v) is 30.4. The molecule has 0 aromatic heterocycles. The lowest BCUT2D eigenvalue weighted by Gasteiger charge is -2.22. The van der Waals surface area contributed by atoms with E-state index in [4.69, 9.17) is 22.3 Å². The van der Waals surface area contributed by atoms with Crippen LogP contribution in [-0.2, 0) is 105 Å². The Morgan fingerprint density at radius 1 is 0.276 bits per heavy atom. The zero-order valence-electron chi connectivity index (χ0n) is 66.8. The first kappa shape index (κ1) is 90.0. The van der Waals surface area contributed by atoms with E-state index in [1.54, 1.807) is 0 Å². The minimum absolute atomic E-state index is 0.00554. The molecule has 0 radical (unpaired) electrons. The summed E-state index contributed by atoms with van der Waals surface area (Å²) in [7, 11) is 2.53. The zero-order chi connectivity index (χ0) is 85.2. The average molecular weight is 1750 g/mol. The third-order valence-electron chi connectivity index (χ3n) is 22.4. The molecule has 0 aliphatic carbocycles. The fourth-order valence-electron chi connectivity index (χ4n) is 15.8. The number of likely N-dealkylation sites (tertiary alicyclic amines) is 10. The Morgan fingerprint density at radius 3 is 0.552 bits per heavy atom. The lowest BCUT2D eigenvalue weighted by Crippen LogP contribution is -2.41. The van der Waals surface area contributed by atoms with Gasteiger partial charge in [0.1, 0.15) is 0 Å². The van der Waals surface area contributed by atoms with E-state index in [1.807, 2.05) is 22.6 Å². The Balaban J connectivity index is 0.000000296. The van der Waals surface area contributed by atoms with Crippen molar-refractivity contribution in [3.05, 3.63) is 0 Å². The fourth-order valence-corrected chi connectivity index (χ4v) is 15.8. The molecule has 642 valence electrons. The summed E-state index contributed by atoms with van der Waals surface area (Å²) in [6.07, 6.45) is 0.393. The molecule has 18 amide bonds. The number of carbonyl (C=O) groups is 20. The predicted octanol–water partition coefficient (Wildman–Crippen LogP) is -9.30. The number of hydrogen-bond donors (Lipinski definition) is 10. The molecule has 42 nitrogen and oxygen atoms in total. The van der Waals surface area contributed by atoms with E-state index in [9.17, 15) is 95.9 Å². The van der Waals surface area contributed by atoms with Crippen LogP contribution in [0.15, 0.2) is 0 Å². The van der Waals surface area contributed by atoms with Crippen LogP contribution in [0, 0.1) is 59.2 Å². The molecule has 10 aliphatic rings. The molecule has 10 fully saturated rings. The third kappa shape index (κ3) is 25.5. The molecule has 10 atom stereocenters. The Bertz CT molecular complexity index is 3480. The maximum absolute atomic E-state index is 13.0. The summed E-state index contributed by atoms with van der Waals surface area (Å²) < 4.78 is 15.6. The van der Waals surface area contributed by atoms with Gasteiger partial charge in [-0.2, -0.15) is 0 Å². The van der Waals surface area contributed by atoms with Gasteiger partial charge in [-0.1, -0.05) is 22.6 Å². The van der Waals surface area contributed by atoms with Crippen molar-refractivity contribution in [1.82, 2.24) is 91.5 Å². The molecule has 12 N–H and O–H groups in total. The smallest absolute Gasteiger partial charge is 0.310 e. The zero-order valence-corrected chi connectivity index (χ0v) is 67.9. The molecule has 10 aliphatic heterocycles. The largest absolute Gasteiger partial charge is 0.469 e. The van der Waals surface area contributed by atoms with E-state index in [1.165, 1.54) is 63.2 Å². The van der Waals surface area contributed by atoms with Gasteiger partial charge in [-0.25, -0.2) is 0 Å². The van der Waals surface area contributed by atoms with Crippen molar-refractivity contribution in [1.29, 1.82) is 0 Å². The van der Waals surface area contributed by atoms with Gasteiger partial charge in [0.15, 0.2) is 0 Å². The molecule has 10 rings (SSSR count). The van der Waals surface area contributed by atoms with Crippen molar-refractivity contribution < 1.29 is 107 Å². The highest BCUT2D eigenvalue weighted by Crippen LogP contribution is 2.27. The summed E-state index contributed by atoms with van der Waals surface area (Å²) >= 11 is 1.96. The minimum atomic E-state index is -0.633. The van der Waals surface area contributed by atoms with Gasteiger partial charge in [-0.05, 0) is 4.91 Å². The van der Waals surface area contributed by atoms with Gasteiger partial charge in [-0.15, -0.1) is 0 Å². The first-order valence-electron chi connectivity index (χ1n) is 40.1. The Morgan fingerprint density at radius 2 is 0.405 bits per heavy atom. The summed E-state index contributed by atoms with van der Waals surface area (Å²) in [5.41, 5.74) is 10.8.